The van der Waals surface area contributed by atoms with Crippen molar-refractivity contribution in [1.82, 2.24) is 10.2 Å². The maximum absolute atomic E-state index is 12.2. The normalized spacial score (nSPS) is 39.7. The number of hydrogen-bond acceptors (Lipinski definition) is 3. The van der Waals surface area contributed by atoms with E-state index < -0.39 is 0 Å². The number of nitrogens with zero attached hydrogens (tertiary/aromatic N) is 1. The van der Waals surface area contributed by atoms with Crippen LogP contribution in [0.4, 0.5) is 0 Å². The fourth-order valence-electron chi connectivity index (χ4n) is 3.08. The zero-order chi connectivity index (χ0) is 10.3. The third-order valence-electron chi connectivity index (χ3n) is 3.93. The summed E-state index contributed by atoms with van der Waals surface area (Å²) in [4.78, 5) is 14.2. The van der Waals surface area contributed by atoms with Crippen LogP contribution < -0.4 is 5.32 Å². The van der Waals surface area contributed by atoms with Crippen molar-refractivity contribution < 1.29 is 9.53 Å². The van der Waals surface area contributed by atoms with Gasteiger partial charge in [-0.1, -0.05) is 0 Å². The maximum Gasteiger partial charge on any atom is 0.252 e. The van der Waals surface area contributed by atoms with E-state index >= 15 is 0 Å². The smallest absolute Gasteiger partial charge is 0.252 e. The number of rotatable bonds is 1. The van der Waals surface area contributed by atoms with Crippen molar-refractivity contribution in [3.8, 4) is 0 Å². The summed E-state index contributed by atoms with van der Waals surface area (Å²) in [5.74, 6) is 0.930. The van der Waals surface area contributed by atoms with E-state index in [1.54, 1.807) is 0 Å². The van der Waals surface area contributed by atoms with E-state index in [1.807, 2.05) is 0 Å². The van der Waals surface area contributed by atoms with Crippen LogP contribution in [0.25, 0.3) is 0 Å². The standard InChI is InChI=1S/C11H18N2O2/c14-11(10-2-1-5-15-10)13-4-3-8-6-12-7-9(8)13/h8-10,12H,1-7H2/t8-,9+,10-/m0/s1. The molecule has 3 rings (SSSR count). The minimum atomic E-state index is -0.135. The third kappa shape index (κ3) is 1.56. The molecule has 3 heterocycles. The molecule has 3 saturated heterocycles. The zero-order valence-electron chi connectivity index (χ0n) is 8.95. The zero-order valence-corrected chi connectivity index (χ0v) is 8.95. The van der Waals surface area contributed by atoms with Gasteiger partial charge in [-0.2, -0.15) is 0 Å². The Bertz CT molecular complexity index is 263. The molecule has 0 bridgehead atoms. The van der Waals surface area contributed by atoms with Crippen molar-refractivity contribution in [2.45, 2.75) is 31.4 Å². The summed E-state index contributed by atoms with van der Waals surface area (Å²) in [6, 6.07) is 0.446. The van der Waals surface area contributed by atoms with Gasteiger partial charge < -0.3 is 15.0 Å². The number of fused-ring (bicyclic) bond motifs is 1. The Hall–Kier alpha value is -0.610. The van der Waals surface area contributed by atoms with Gasteiger partial charge in [0.15, 0.2) is 0 Å². The van der Waals surface area contributed by atoms with Gasteiger partial charge in [0.2, 0.25) is 0 Å². The van der Waals surface area contributed by atoms with Gasteiger partial charge in [0.25, 0.3) is 5.91 Å². The predicted octanol–water partition coefficient (Wildman–Crippen LogP) is -0.0143. The second-order valence-corrected chi connectivity index (χ2v) is 4.81. The SMILES string of the molecule is O=C([C@@H]1CCCO1)N1CC[C@H]2CNC[C@H]21. The van der Waals surface area contributed by atoms with Gasteiger partial charge >= 0.3 is 0 Å². The van der Waals surface area contributed by atoms with E-state index in [4.69, 9.17) is 4.74 Å². The van der Waals surface area contributed by atoms with Crippen LogP contribution in [0.3, 0.4) is 0 Å². The van der Waals surface area contributed by atoms with E-state index in [0.717, 1.165) is 45.5 Å². The first-order chi connectivity index (χ1) is 7.36. The van der Waals surface area contributed by atoms with Crippen molar-refractivity contribution in [3.63, 3.8) is 0 Å². The van der Waals surface area contributed by atoms with Gasteiger partial charge in [0.1, 0.15) is 6.10 Å². The highest BCUT2D eigenvalue weighted by Gasteiger charge is 2.42. The fourth-order valence-corrected chi connectivity index (χ4v) is 3.08. The largest absolute Gasteiger partial charge is 0.368 e. The fraction of sp³-hybridized carbons (Fsp3) is 0.909. The summed E-state index contributed by atoms with van der Waals surface area (Å²) >= 11 is 0. The van der Waals surface area contributed by atoms with Crippen LogP contribution in [-0.4, -0.2) is 49.2 Å². The Morgan fingerprint density at radius 1 is 1.33 bits per heavy atom. The lowest BCUT2D eigenvalue weighted by Gasteiger charge is -2.25. The second-order valence-electron chi connectivity index (χ2n) is 4.81. The van der Waals surface area contributed by atoms with Crippen LogP contribution >= 0.6 is 0 Å². The van der Waals surface area contributed by atoms with Crippen LogP contribution in [0, 0.1) is 5.92 Å². The van der Waals surface area contributed by atoms with E-state index in [-0.39, 0.29) is 12.0 Å². The monoisotopic (exact) mass is 210 g/mol. The van der Waals surface area contributed by atoms with E-state index in [0.29, 0.717) is 12.0 Å². The molecule has 0 saturated carbocycles. The van der Waals surface area contributed by atoms with Crippen LogP contribution in [0.5, 0.6) is 0 Å². The Morgan fingerprint density at radius 3 is 3.07 bits per heavy atom. The number of amides is 1. The van der Waals surface area contributed by atoms with Crippen molar-refractivity contribution in [3.05, 3.63) is 0 Å². The van der Waals surface area contributed by atoms with Crippen LogP contribution in [0.1, 0.15) is 19.3 Å². The quantitative estimate of drug-likeness (QED) is 0.661. The molecular formula is C11H18N2O2. The summed E-state index contributed by atoms with van der Waals surface area (Å²) in [6.45, 7) is 3.76. The number of ether oxygens (including phenoxy) is 1. The first-order valence-corrected chi connectivity index (χ1v) is 5.99. The lowest BCUT2D eigenvalue weighted by atomic mass is 10.0. The average molecular weight is 210 g/mol. The molecule has 4 heteroatoms. The van der Waals surface area contributed by atoms with Crippen LogP contribution in [0.2, 0.25) is 0 Å². The van der Waals surface area contributed by atoms with Gasteiger partial charge in [-0.15, -0.1) is 0 Å². The summed E-state index contributed by atoms with van der Waals surface area (Å²) in [7, 11) is 0. The number of carbonyl (C=O) groups excluding carboxylic acids is 1. The molecule has 1 N–H and O–H groups in total. The first kappa shape index (κ1) is 9.60. The summed E-state index contributed by atoms with van der Waals surface area (Å²) in [5, 5.41) is 3.36. The van der Waals surface area contributed by atoms with Gasteiger partial charge in [0.05, 0.1) is 0 Å². The number of carbonyl (C=O) groups is 1. The Labute approximate surface area is 90.0 Å². The Balaban J connectivity index is 1.68. The molecular weight excluding hydrogens is 192 g/mol. The lowest BCUT2D eigenvalue weighted by Crippen LogP contribution is -2.44. The summed E-state index contributed by atoms with van der Waals surface area (Å²) in [6.07, 6.45) is 2.98. The van der Waals surface area contributed by atoms with Crippen molar-refractivity contribution >= 4 is 5.91 Å². The highest BCUT2D eigenvalue weighted by Crippen LogP contribution is 2.29. The Morgan fingerprint density at radius 2 is 2.27 bits per heavy atom. The van der Waals surface area contributed by atoms with Crippen LogP contribution in [-0.2, 0) is 9.53 Å². The molecule has 0 aromatic rings. The van der Waals surface area contributed by atoms with Gasteiger partial charge in [0, 0.05) is 32.3 Å². The molecule has 3 aliphatic rings. The Kier molecular flexibility index (Phi) is 2.41. The minimum absolute atomic E-state index is 0.135. The van der Waals surface area contributed by atoms with Gasteiger partial charge in [-0.25, -0.2) is 0 Å². The number of hydrogen-bond donors (Lipinski definition) is 1. The van der Waals surface area contributed by atoms with Crippen molar-refractivity contribution in [1.29, 1.82) is 0 Å². The van der Waals surface area contributed by atoms with E-state index in [9.17, 15) is 4.79 Å². The molecule has 0 unspecified atom stereocenters. The number of likely N-dealkylation sites (tertiary alicyclic amines) is 1. The molecule has 0 aromatic heterocycles. The molecule has 3 fully saturated rings. The molecule has 4 nitrogen and oxygen atoms in total. The van der Waals surface area contributed by atoms with Gasteiger partial charge in [-0.3, -0.25) is 4.79 Å². The summed E-state index contributed by atoms with van der Waals surface area (Å²) < 4.78 is 5.46. The first-order valence-electron chi connectivity index (χ1n) is 5.99. The highest BCUT2D eigenvalue weighted by molar-refractivity contribution is 5.81. The van der Waals surface area contributed by atoms with Crippen molar-refractivity contribution in [2.75, 3.05) is 26.2 Å². The molecule has 0 aliphatic carbocycles. The molecule has 3 atom stereocenters. The maximum atomic E-state index is 12.2. The lowest BCUT2D eigenvalue weighted by molar-refractivity contribution is -0.141. The molecule has 0 spiro atoms. The van der Waals surface area contributed by atoms with Crippen molar-refractivity contribution in [2.24, 2.45) is 5.92 Å². The molecule has 84 valence electrons. The highest BCUT2D eigenvalue weighted by atomic mass is 16.5. The molecule has 15 heavy (non-hydrogen) atoms. The molecule has 0 aromatic carbocycles. The molecule has 0 radical (unpaired) electrons. The molecule has 3 aliphatic heterocycles. The predicted molar refractivity (Wildman–Crippen MR) is 55.5 cm³/mol. The van der Waals surface area contributed by atoms with E-state index in [2.05, 4.69) is 10.2 Å². The third-order valence-corrected chi connectivity index (χ3v) is 3.93. The number of nitrogens with one attached hydrogen (secondary N) is 1. The van der Waals surface area contributed by atoms with Crippen LogP contribution in [0.15, 0.2) is 0 Å². The topological polar surface area (TPSA) is 41.6 Å². The van der Waals surface area contributed by atoms with Gasteiger partial charge in [-0.05, 0) is 25.2 Å². The summed E-state index contributed by atoms with van der Waals surface area (Å²) in [5.41, 5.74) is 0. The minimum Gasteiger partial charge on any atom is -0.368 e. The average Bonchev–Trinajstić information content (AvgIpc) is 2.94. The van der Waals surface area contributed by atoms with E-state index in [1.165, 1.54) is 0 Å². The second kappa shape index (κ2) is 3.76. The molecule has 1 amide bonds.